The number of aromatic nitrogens is 1. The summed E-state index contributed by atoms with van der Waals surface area (Å²) in [5, 5.41) is 3.94. The zero-order valence-corrected chi connectivity index (χ0v) is 18.7. The van der Waals surface area contributed by atoms with Crippen molar-refractivity contribution in [2.24, 2.45) is 5.92 Å². The first kappa shape index (κ1) is 20.1. The number of carbonyl (C=O) groups is 1. The molecule has 1 saturated heterocycles. The summed E-state index contributed by atoms with van der Waals surface area (Å²) in [6, 6.07) is 14.1. The summed E-state index contributed by atoms with van der Waals surface area (Å²) in [6.07, 6.45) is 2.73. The quantitative estimate of drug-likeness (QED) is 0.560. The molecule has 1 saturated carbocycles. The molecule has 1 atom stereocenters. The third-order valence-corrected chi connectivity index (χ3v) is 6.83. The van der Waals surface area contributed by atoms with Crippen LogP contribution in [0.3, 0.4) is 0 Å². The molecule has 0 bridgehead atoms. The second-order valence-electron chi connectivity index (χ2n) is 8.52. The number of rotatable bonds is 8. The summed E-state index contributed by atoms with van der Waals surface area (Å²) in [5.74, 6) is 2.45. The van der Waals surface area contributed by atoms with Gasteiger partial charge < -0.3 is 19.7 Å². The number of hydrogen-bond acceptors (Lipinski definition) is 6. The zero-order valence-electron chi connectivity index (χ0n) is 17.8. The smallest absolute Gasteiger partial charge is 0.217 e. The molecule has 1 amide bonds. The van der Waals surface area contributed by atoms with Crippen molar-refractivity contribution in [1.82, 2.24) is 10.3 Å². The number of nitrogens with one attached hydrogen (secondary N) is 1. The number of benzene rings is 2. The van der Waals surface area contributed by atoms with Crippen molar-refractivity contribution in [3.05, 3.63) is 48.0 Å². The first-order valence-corrected chi connectivity index (χ1v) is 11.7. The van der Waals surface area contributed by atoms with Crippen LogP contribution in [0.4, 0.5) is 5.13 Å². The summed E-state index contributed by atoms with van der Waals surface area (Å²) in [4.78, 5) is 18.4. The lowest BCUT2D eigenvalue weighted by Gasteiger charge is -2.38. The standard InChI is InChI=1S/C24H27N3O3S/c1-15(25-16(2)28)18-8-9-23-22(10-18)26-24(31-23)27-12-21(13-27)30-20-5-3-4-19(11-20)29-14-17-6-7-17/h3-5,8-11,15,17,21H,6-7,12-14H2,1-2H3,(H,25,28). The highest BCUT2D eigenvalue weighted by atomic mass is 32.1. The van der Waals surface area contributed by atoms with Gasteiger partial charge >= 0.3 is 0 Å². The molecule has 1 N–H and O–H groups in total. The van der Waals surface area contributed by atoms with Crippen LogP contribution < -0.4 is 19.7 Å². The van der Waals surface area contributed by atoms with Crippen LogP contribution in [0, 0.1) is 5.92 Å². The number of thiazole rings is 1. The lowest BCUT2D eigenvalue weighted by Crippen LogP contribution is -2.54. The van der Waals surface area contributed by atoms with E-state index in [1.165, 1.54) is 19.8 Å². The average molecular weight is 438 g/mol. The number of nitrogens with zero attached hydrogens (tertiary/aromatic N) is 2. The molecule has 0 radical (unpaired) electrons. The molecule has 2 fully saturated rings. The first-order chi connectivity index (χ1) is 15.0. The molecule has 2 aromatic carbocycles. The van der Waals surface area contributed by atoms with Gasteiger partial charge in [0.05, 0.1) is 36.0 Å². The molecule has 5 rings (SSSR count). The molecule has 1 aliphatic carbocycles. The highest BCUT2D eigenvalue weighted by Crippen LogP contribution is 2.34. The van der Waals surface area contributed by atoms with E-state index in [4.69, 9.17) is 14.5 Å². The van der Waals surface area contributed by atoms with Crippen LogP contribution in [-0.4, -0.2) is 36.7 Å². The van der Waals surface area contributed by atoms with E-state index in [2.05, 4.69) is 28.4 Å². The van der Waals surface area contributed by atoms with E-state index in [9.17, 15) is 4.79 Å². The van der Waals surface area contributed by atoms with Crippen LogP contribution in [0.1, 0.15) is 38.3 Å². The molecule has 0 spiro atoms. The van der Waals surface area contributed by atoms with Crippen molar-refractivity contribution in [2.45, 2.75) is 38.8 Å². The Morgan fingerprint density at radius 3 is 2.81 bits per heavy atom. The molecular formula is C24H27N3O3S. The average Bonchev–Trinajstić information content (AvgIpc) is 3.45. The van der Waals surface area contributed by atoms with Crippen molar-refractivity contribution in [3.8, 4) is 11.5 Å². The number of anilines is 1. The van der Waals surface area contributed by atoms with Gasteiger partial charge in [-0.05, 0) is 55.5 Å². The zero-order chi connectivity index (χ0) is 21.4. The van der Waals surface area contributed by atoms with Gasteiger partial charge in [0.25, 0.3) is 0 Å². The Kier molecular flexibility index (Phi) is 5.44. The molecule has 1 unspecified atom stereocenters. The summed E-state index contributed by atoms with van der Waals surface area (Å²) >= 11 is 1.69. The topological polar surface area (TPSA) is 63.7 Å². The summed E-state index contributed by atoms with van der Waals surface area (Å²) < 4.78 is 13.1. The number of hydrogen-bond donors (Lipinski definition) is 1. The Bertz CT molecular complexity index is 1090. The molecule has 7 heteroatoms. The fourth-order valence-corrected chi connectivity index (χ4v) is 4.69. The Labute approximate surface area is 186 Å². The van der Waals surface area contributed by atoms with Crippen LogP contribution in [0.25, 0.3) is 10.2 Å². The molecule has 1 aromatic heterocycles. The van der Waals surface area contributed by atoms with Gasteiger partial charge in [0.15, 0.2) is 5.13 Å². The number of carbonyl (C=O) groups excluding carboxylic acids is 1. The van der Waals surface area contributed by atoms with Crippen molar-refractivity contribution in [3.63, 3.8) is 0 Å². The number of ether oxygens (including phenoxy) is 2. The van der Waals surface area contributed by atoms with Crippen LogP contribution in [0.15, 0.2) is 42.5 Å². The van der Waals surface area contributed by atoms with E-state index >= 15 is 0 Å². The van der Waals surface area contributed by atoms with Crippen LogP contribution >= 0.6 is 11.3 Å². The third kappa shape index (κ3) is 4.77. The molecule has 2 aliphatic rings. The summed E-state index contributed by atoms with van der Waals surface area (Å²) in [7, 11) is 0. The predicted octanol–water partition coefficient (Wildman–Crippen LogP) is 4.55. The van der Waals surface area contributed by atoms with E-state index in [1.54, 1.807) is 11.3 Å². The summed E-state index contributed by atoms with van der Waals surface area (Å²) in [5.41, 5.74) is 2.03. The number of amides is 1. The second-order valence-corrected chi connectivity index (χ2v) is 9.53. The van der Waals surface area contributed by atoms with Crippen molar-refractivity contribution in [1.29, 1.82) is 0 Å². The minimum Gasteiger partial charge on any atom is -0.493 e. The van der Waals surface area contributed by atoms with Gasteiger partial charge in [-0.15, -0.1) is 0 Å². The lowest BCUT2D eigenvalue weighted by atomic mass is 10.1. The molecule has 1 aliphatic heterocycles. The van der Waals surface area contributed by atoms with Gasteiger partial charge in [-0.3, -0.25) is 4.79 Å². The normalized spacial score (nSPS) is 17.3. The van der Waals surface area contributed by atoms with E-state index in [1.807, 2.05) is 31.2 Å². The largest absolute Gasteiger partial charge is 0.493 e. The monoisotopic (exact) mass is 437 g/mol. The SMILES string of the molecule is CC(=O)NC(C)c1ccc2sc(N3CC(Oc4cccc(OCC5CC5)c4)C3)nc2c1. The molecular weight excluding hydrogens is 410 g/mol. The van der Waals surface area contributed by atoms with Crippen molar-refractivity contribution in [2.75, 3.05) is 24.6 Å². The van der Waals surface area contributed by atoms with Gasteiger partial charge in [-0.25, -0.2) is 4.98 Å². The molecule has 2 heterocycles. The Balaban J connectivity index is 1.18. The fourth-order valence-electron chi connectivity index (χ4n) is 3.72. The van der Waals surface area contributed by atoms with E-state index in [0.29, 0.717) is 0 Å². The summed E-state index contributed by atoms with van der Waals surface area (Å²) in [6.45, 7) is 5.98. The molecule has 6 nitrogen and oxygen atoms in total. The highest BCUT2D eigenvalue weighted by Gasteiger charge is 2.31. The van der Waals surface area contributed by atoms with E-state index in [-0.39, 0.29) is 18.1 Å². The van der Waals surface area contributed by atoms with E-state index in [0.717, 1.165) is 58.0 Å². The minimum absolute atomic E-state index is 0.0294. The molecule has 31 heavy (non-hydrogen) atoms. The fraction of sp³-hybridized carbons (Fsp3) is 0.417. The predicted molar refractivity (Wildman–Crippen MR) is 123 cm³/mol. The van der Waals surface area contributed by atoms with Gasteiger partial charge in [-0.1, -0.05) is 23.5 Å². The highest BCUT2D eigenvalue weighted by molar-refractivity contribution is 7.22. The van der Waals surface area contributed by atoms with Crippen LogP contribution in [0.2, 0.25) is 0 Å². The van der Waals surface area contributed by atoms with Gasteiger partial charge in [0.2, 0.25) is 5.91 Å². The Morgan fingerprint density at radius 1 is 1.23 bits per heavy atom. The van der Waals surface area contributed by atoms with Gasteiger partial charge in [0.1, 0.15) is 17.6 Å². The minimum atomic E-state index is -0.0298. The maximum absolute atomic E-state index is 11.3. The number of fused-ring (bicyclic) bond motifs is 1. The Hall–Kier alpha value is -2.80. The molecule has 3 aromatic rings. The maximum atomic E-state index is 11.3. The van der Waals surface area contributed by atoms with Gasteiger partial charge in [-0.2, -0.15) is 0 Å². The third-order valence-electron chi connectivity index (χ3n) is 5.73. The maximum Gasteiger partial charge on any atom is 0.217 e. The van der Waals surface area contributed by atoms with Crippen LogP contribution in [0.5, 0.6) is 11.5 Å². The van der Waals surface area contributed by atoms with Crippen molar-refractivity contribution >= 4 is 32.6 Å². The second kappa shape index (κ2) is 8.38. The van der Waals surface area contributed by atoms with E-state index < -0.39 is 0 Å². The van der Waals surface area contributed by atoms with Crippen molar-refractivity contribution < 1.29 is 14.3 Å². The Morgan fingerprint density at radius 2 is 2.03 bits per heavy atom. The first-order valence-electron chi connectivity index (χ1n) is 10.9. The van der Waals surface area contributed by atoms with Crippen LogP contribution in [-0.2, 0) is 4.79 Å². The van der Waals surface area contributed by atoms with Gasteiger partial charge in [0, 0.05) is 13.0 Å². The molecule has 162 valence electrons. The lowest BCUT2D eigenvalue weighted by molar-refractivity contribution is -0.119.